The van der Waals surface area contributed by atoms with Gasteiger partial charge in [0.05, 0.1) is 17.7 Å². The number of nitrogens with zero attached hydrogens (tertiary/aromatic N) is 2. The number of hydrogen-bond acceptors (Lipinski definition) is 5. The van der Waals surface area contributed by atoms with Gasteiger partial charge in [-0.2, -0.15) is 0 Å². The third kappa shape index (κ3) is 8.54. The summed E-state index contributed by atoms with van der Waals surface area (Å²) in [6, 6.07) is 29.2. The topological polar surface area (TPSA) is 96.0 Å². The minimum Gasteiger partial charge on any atom is -0.497 e. The lowest BCUT2D eigenvalue weighted by Gasteiger charge is -2.34. The van der Waals surface area contributed by atoms with Gasteiger partial charge in [0.1, 0.15) is 18.3 Å². The summed E-state index contributed by atoms with van der Waals surface area (Å²) in [7, 11) is -2.59. The first-order valence-electron chi connectivity index (χ1n) is 15.4. The number of sulfonamides is 1. The first-order chi connectivity index (χ1) is 22.0. The number of hydrogen-bond donors (Lipinski definition) is 1. The molecule has 4 aromatic carbocycles. The summed E-state index contributed by atoms with van der Waals surface area (Å²) in [6.45, 7) is 7.30. The standard InChI is InChI=1S/C37H43N3O5S/c1-6-29(4)38-37(42)35(24-30-14-9-7-10-15-30)39(25-31-16-13-17-33(23-31)45-5)36(41)26-40(32-21-20-27(2)28(3)22-32)46(43,44)34-18-11-8-12-19-34/h7-23,29,35H,6,24-26H2,1-5H3,(H,38,42). The van der Waals surface area contributed by atoms with Crippen LogP contribution >= 0.6 is 0 Å². The highest BCUT2D eigenvalue weighted by Crippen LogP contribution is 2.27. The van der Waals surface area contributed by atoms with Crippen molar-refractivity contribution in [2.75, 3.05) is 18.0 Å². The van der Waals surface area contributed by atoms with Crippen molar-refractivity contribution in [3.05, 3.63) is 125 Å². The van der Waals surface area contributed by atoms with Gasteiger partial charge in [0.25, 0.3) is 10.0 Å². The number of rotatable bonds is 14. The Bertz CT molecular complexity index is 1730. The van der Waals surface area contributed by atoms with Crippen molar-refractivity contribution >= 4 is 27.5 Å². The van der Waals surface area contributed by atoms with Crippen molar-refractivity contribution in [3.63, 3.8) is 0 Å². The highest BCUT2D eigenvalue weighted by Gasteiger charge is 2.35. The van der Waals surface area contributed by atoms with E-state index in [1.54, 1.807) is 43.5 Å². The molecule has 0 saturated carbocycles. The molecule has 2 amide bonds. The van der Waals surface area contributed by atoms with Gasteiger partial charge in [-0.05, 0) is 85.8 Å². The van der Waals surface area contributed by atoms with E-state index in [1.165, 1.54) is 17.0 Å². The van der Waals surface area contributed by atoms with E-state index >= 15 is 0 Å². The summed E-state index contributed by atoms with van der Waals surface area (Å²) < 4.78 is 34.9. The largest absolute Gasteiger partial charge is 0.497 e. The van der Waals surface area contributed by atoms with Gasteiger partial charge in [0.2, 0.25) is 11.8 Å². The Morgan fingerprint density at radius 1 is 0.826 bits per heavy atom. The van der Waals surface area contributed by atoms with Crippen molar-refractivity contribution in [3.8, 4) is 5.75 Å². The number of amides is 2. The zero-order valence-electron chi connectivity index (χ0n) is 27.1. The predicted molar refractivity (Wildman–Crippen MR) is 182 cm³/mol. The van der Waals surface area contributed by atoms with E-state index in [0.29, 0.717) is 17.9 Å². The molecule has 0 bridgehead atoms. The maximum atomic E-state index is 14.6. The van der Waals surface area contributed by atoms with Crippen molar-refractivity contribution in [2.45, 2.75) is 64.1 Å². The Morgan fingerprint density at radius 3 is 2.11 bits per heavy atom. The zero-order chi connectivity index (χ0) is 33.3. The predicted octanol–water partition coefficient (Wildman–Crippen LogP) is 6.06. The van der Waals surface area contributed by atoms with Gasteiger partial charge < -0.3 is 15.0 Å². The molecule has 0 aliphatic heterocycles. The molecule has 2 atom stereocenters. The lowest BCUT2D eigenvalue weighted by molar-refractivity contribution is -0.140. The SMILES string of the molecule is CCC(C)NC(=O)C(Cc1ccccc1)N(Cc1cccc(OC)c1)C(=O)CN(c1ccc(C)c(C)c1)S(=O)(=O)c1ccccc1. The number of benzene rings is 4. The molecular formula is C37H43N3O5S. The second-order valence-electron chi connectivity index (χ2n) is 11.5. The smallest absolute Gasteiger partial charge is 0.264 e. The quantitative estimate of drug-likeness (QED) is 0.181. The molecule has 0 heterocycles. The maximum Gasteiger partial charge on any atom is 0.264 e. The highest BCUT2D eigenvalue weighted by atomic mass is 32.2. The van der Waals surface area contributed by atoms with E-state index in [2.05, 4.69) is 5.32 Å². The Kier molecular flexibility index (Phi) is 11.6. The summed E-state index contributed by atoms with van der Waals surface area (Å²) >= 11 is 0. The van der Waals surface area contributed by atoms with E-state index in [4.69, 9.17) is 4.74 Å². The molecular weight excluding hydrogens is 598 g/mol. The van der Waals surface area contributed by atoms with Gasteiger partial charge in [-0.3, -0.25) is 13.9 Å². The number of anilines is 1. The average Bonchev–Trinajstić information content (AvgIpc) is 3.07. The molecule has 0 aliphatic carbocycles. The Labute approximate surface area is 273 Å². The maximum absolute atomic E-state index is 14.6. The molecule has 0 aliphatic rings. The molecule has 8 nitrogen and oxygen atoms in total. The number of methoxy groups -OCH3 is 1. The molecule has 1 N–H and O–H groups in total. The Hall–Kier alpha value is -4.63. The number of carbonyl (C=O) groups is 2. The Balaban J connectivity index is 1.83. The van der Waals surface area contributed by atoms with Crippen LogP contribution in [0.5, 0.6) is 5.75 Å². The van der Waals surface area contributed by atoms with Gasteiger partial charge in [0.15, 0.2) is 0 Å². The van der Waals surface area contributed by atoms with Gasteiger partial charge in [-0.25, -0.2) is 8.42 Å². The van der Waals surface area contributed by atoms with E-state index in [1.807, 2.05) is 82.3 Å². The molecule has 46 heavy (non-hydrogen) atoms. The average molecular weight is 642 g/mol. The fourth-order valence-corrected chi connectivity index (χ4v) is 6.52. The lowest BCUT2D eigenvalue weighted by atomic mass is 10.0. The van der Waals surface area contributed by atoms with E-state index < -0.39 is 28.5 Å². The number of carbonyl (C=O) groups excluding carboxylic acids is 2. The second-order valence-corrected chi connectivity index (χ2v) is 13.4. The van der Waals surface area contributed by atoms with Crippen LogP contribution < -0.4 is 14.4 Å². The third-order valence-electron chi connectivity index (χ3n) is 8.15. The fourth-order valence-electron chi connectivity index (χ4n) is 5.09. The molecule has 0 radical (unpaired) electrons. The third-order valence-corrected chi connectivity index (χ3v) is 9.94. The zero-order valence-corrected chi connectivity index (χ0v) is 28.0. The van der Waals surface area contributed by atoms with Crippen molar-refractivity contribution in [1.29, 1.82) is 0 Å². The van der Waals surface area contributed by atoms with Crippen LogP contribution in [0.4, 0.5) is 5.69 Å². The molecule has 0 fully saturated rings. The number of ether oxygens (including phenoxy) is 1. The minimum atomic E-state index is -4.16. The molecule has 4 aromatic rings. The van der Waals surface area contributed by atoms with Gasteiger partial charge in [-0.1, -0.05) is 73.7 Å². The first kappa shape index (κ1) is 34.2. The number of aryl methyl sites for hydroxylation is 2. The van der Waals surface area contributed by atoms with Crippen molar-refractivity contribution in [1.82, 2.24) is 10.2 Å². The lowest BCUT2D eigenvalue weighted by Crippen LogP contribution is -2.54. The van der Waals surface area contributed by atoms with Gasteiger partial charge in [0, 0.05) is 19.0 Å². The first-order valence-corrected chi connectivity index (χ1v) is 16.9. The second kappa shape index (κ2) is 15.6. The van der Waals surface area contributed by atoms with Gasteiger partial charge >= 0.3 is 0 Å². The van der Waals surface area contributed by atoms with Gasteiger partial charge in [-0.15, -0.1) is 0 Å². The van der Waals surface area contributed by atoms with Crippen LogP contribution in [0.3, 0.4) is 0 Å². The molecule has 0 aromatic heterocycles. The Morgan fingerprint density at radius 2 is 1.48 bits per heavy atom. The summed E-state index contributed by atoms with van der Waals surface area (Å²) in [4.78, 5) is 30.1. The fraction of sp³-hybridized carbons (Fsp3) is 0.297. The van der Waals surface area contributed by atoms with Crippen molar-refractivity contribution < 1.29 is 22.7 Å². The summed E-state index contributed by atoms with van der Waals surface area (Å²) in [5.74, 6) is -0.212. The van der Waals surface area contributed by atoms with Crippen LogP contribution in [-0.4, -0.2) is 50.9 Å². The van der Waals surface area contributed by atoms with Crippen LogP contribution in [-0.2, 0) is 32.6 Å². The van der Waals surface area contributed by atoms with E-state index in [0.717, 1.165) is 26.6 Å². The normalized spacial score (nSPS) is 12.5. The summed E-state index contributed by atoms with van der Waals surface area (Å²) in [6.07, 6.45) is 0.956. The van der Waals surface area contributed by atoms with Crippen LogP contribution in [0.1, 0.15) is 42.5 Å². The van der Waals surface area contributed by atoms with Crippen molar-refractivity contribution in [2.24, 2.45) is 0 Å². The van der Waals surface area contributed by atoms with Crippen LogP contribution in [0.15, 0.2) is 108 Å². The van der Waals surface area contributed by atoms with E-state index in [-0.39, 0.29) is 29.8 Å². The molecule has 0 spiro atoms. The number of nitrogens with one attached hydrogen (secondary N) is 1. The minimum absolute atomic E-state index is 0.0631. The van der Waals surface area contributed by atoms with Crippen LogP contribution in [0.2, 0.25) is 0 Å². The molecule has 4 rings (SSSR count). The summed E-state index contributed by atoms with van der Waals surface area (Å²) in [5, 5.41) is 3.06. The molecule has 9 heteroatoms. The molecule has 2 unspecified atom stereocenters. The monoisotopic (exact) mass is 641 g/mol. The summed E-state index contributed by atoms with van der Waals surface area (Å²) in [5.41, 5.74) is 3.87. The van der Waals surface area contributed by atoms with Crippen LogP contribution in [0.25, 0.3) is 0 Å². The molecule has 242 valence electrons. The van der Waals surface area contributed by atoms with E-state index in [9.17, 15) is 18.0 Å². The highest BCUT2D eigenvalue weighted by molar-refractivity contribution is 7.92. The molecule has 0 saturated heterocycles. The van der Waals surface area contributed by atoms with Crippen LogP contribution in [0, 0.1) is 13.8 Å².